The van der Waals surface area contributed by atoms with Gasteiger partial charge in [-0.3, -0.25) is 14.9 Å². The smallest absolute Gasteiger partial charge is 0.336 e. The third kappa shape index (κ3) is 6.02. The van der Waals surface area contributed by atoms with Crippen molar-refractivity contribution in [3.63, 3.8) is 0 Å². The van der Waals surface area contributed by atoms with Crippen molar-refractivity contribution in [2.75, 3.05) is 20.8 Å². The van der Waals surface area contributed by atoms with Crippen LogP contribution in [0.25, 0.3) is 0 Å². The van der Waals surface area contributed by atoms with E-state index in [0.29, 0.717) is 52.4 Å². The predicted octanol–water partition coefficient (Wildman–Crippen LogP) is 6.07. The number of nitrogens with zero attached hydrogens (tertiary/aromatic N) is 1. The quantitative estimate of drug-likeness (QED) is 0.184. The van der Waals surface area contributed by atoms with Gasteiger partial charge in [0.1, 0.15) is 0 Å². The van der Waals surface area contributed by atoms with Crippen LogP contribution in [0, 0.1) is 17.0 Å². The first kappa shape index (κ1) is 29.6. The van der Waals surface area contributed by atoms with Crippen molar-refractivity contribution in [3.05, 3.63) is 122 Å². The SMILES string of the molecule is COc1ccc([C@H]2CC(=O)C3=C(C2)NC(C)=C(C(=O)OCCc2ccccc2)[C@H]3c2ccc(C)c([N+](=O)[O-])c2)cc1OC. The van der Waals surface area contributed by atoms with E-state index in [9.17, 15) is 19.7 Å². The molecule has 1 aliphatic carbocycles. The molecular formula is C34H34N2O7. The Bertz CT molecular complexity index is 1640. The van der Waals surface area contributed by atoms with Gasteiger partial charge in [-0.1, -0.05) is 48.5 Å². The minimum Gasteiger partial charge on any atom is -0.493 e. The van der Waals surface area contributed by atoms with Gasteiger partial charge in [-0.15, -0.1) is 0 Å². The molecule has 0 saturated heterocycles. The van der Waals surface area contributed by atoms with E-state index >= 15 is 0 Å². The number of esters is 1. The first-order chi connectivity index (χ1) is 20.7. The highest BCUT2D eigenvalue weighted by Crippen LogP contribution is 2.47. The van der Waals surface area contributed by atoms with Gasteiger partial charge in [-0.2, -0.15) is 0 Å². The van der Waals surface area contributed by atoms with E-state index in [1.165, 1.54) is 6.07 Å². The summed E-state index contributed by atoms with van der Waals surface area (Å²) in [4.78, 5) is 39.0. The number of ether oxygens (including phenoxy) is 3. The number of aryl methyl sites for hydroxylation is 1. The molecular weight excluding hydrogens is 548 g/mol. The topological polar surface area (TPSA) is 117 Å². The third-order valence-electron chi connectivity index (χ3n) is 8.16. The Hall–Kier alpha value is -4.92. The highest BCUT2D eigenvalue weighted by molar-refractivity contribution is 6.04. The lowest BCUT2D eigenvalue weighted by atomic mass is 9.71. The number of allylic oxidation sites excluding steroid dienone is 3. The number of nitrogens with one attached hydrogen (secondary N) is 1. The fourth-order valence-corrected chi connectivity index (χ4v) is 5.97. The third-order valence-corrected chi connectivity index (χ3v) is 8.16. The molecule has 0 fully saturated rings. The van der Waals surface area contributed by atoms with Crippen molar-refractivity contribution in [2.45, 2.75) is 44.9 Å². The number of rotatable bonds is 9. The zero-order valence-electron chi connectivity index (χ0n) is 24.6. The summed E-state index contributed by atoms with van der Waals surface area (Å²) in [6, 6.07) is 20.2. The Kier molecular flexibility index (Phi) is 8.61. The second kappa shape index (κ2) is 12.5. The van der Waals surface area contributed by atoms with Gasteiger partial charge in [0.15, 0.2) is 17.3 Å². The summed E-state index contributed by atoms with van der Waals surface area (Å²) in [5, 5.41) is 15.2. The molecule has 2 atom stereocenters. The van der Waals surface area contributed by atoms with Crippen molar-refractivity contribution < 1.29 is 28.7 Å². The normalized spacial score (nSPS) is 18.1. The van der Waals surface area contributed by atoms with Crippen LogP contribution < -0.4 is 14.8 Å². The van der Waals surface area contributed by atoms with Crippen molar-refractivity contribution >= 4 is 17.4 Å². The number of nitro groups is 1. The number of benzene rings is 3. The molecule has 0 amide bonds. The Morgan fingerprint density at radius 1 is 0.953 bits per heavy atom. The summed E-state index contributed by atoms with van der Waals surface area (Å²) in [7, 11) is 3.14. The van der Waals surface area contributed by atoms with E-state index in [1.807, 2.05) is 48.5 Å². The van der Waals surface area contributed by atoms with Crippen molar-refractivity contribution in [1.29, 1.82) is 0 Å². The van der Waals surface area contributed by atoms with Gasteiger partial charge in [0.05, 0.1) is 31.3 Å². The Morgan fingerprint density at radius 3 is 2.37 bits per heavy atom. The number of hydrogen-bond acceptors (Lipinski definition) is 8. The highest BCUT2D eigenvalue weighted by Gasteiger charge is 2.42. The van der Waals surface area contributed by atoms with Gasteiger partial charge < -0.3 is 19.5 Å². The summed E-state index contributed by atoms with van der Waals surface area (Å²) in [5.41, 5.74) is 4.85. The molecule has 1 aliphatic heterocycles. The largest absolute Gasteiger partial charge is 0.493 e. The van der Waals surface area contributed by atoms with Gasteiger partial charge >= 0.3 is 5.97 Å². The molecule has 0 radical (unpaired) electrons. The van der Waals surface area contributed by atoms with Crippen LogP contribution in [0.2, 0.25) is 0 Å². The molecule has 0 unspecified atom stereocenters. The maximum atomic E-state index is 14.0. The number of methoxy groups -OCH3 is 2. The maximum Gasteiger partial charge on any atom is 0.336 e. The molecule has 43 heavy (non-hydrogen) atoms. The van der Waals surface area contributed by atoms with Gasteiger partial charge in [0, 0.05) is 47.4 Å². The summed E-state index contributed by atoms with van der Waals surface area (Å²) < 4.78 is 16.6. The minimum atomic E-state index is -0.807. The molecule has 3 aromatic carbocycles. The Labute approximate surface area is 250 Å². The van der Waals surface area contributed by atoms with E-state index in [-0.39, 0.29) is 36.0 Å². The lowest BCUT2D eigenvalue weighted by Gasteiger charge is -2.36. The first-order valence-electron chi connectivity index (χ1n) is 14.1. The summed E-state index contributed by atoms with van der Waals surface area (Å²) in [5.74, 6) is -0.471. The predicted molar refractivity (Wildman–Crippen MR) is 161 cm³/mol. The number of hydrogen-bond donors (Lipinski definition) is 1. The average Bonchev–Trinajstić information content (AvgIpc) is 3.00. The maximum absolute atomic E-state index is 14.0. The average molecular weight is 583 g/mol. The summed E-state index contributed by atoms with van der Waals surface area (Å²) in [6.45, 7) is 3.59. The molecule has 1 N–H and O–H groups in total. The summed E-state index contributed by atoms with van der Waals surface area (Å²) in [6.07, 6.45) is 1.25. The molecule has 9 nitrogen and oxygen atoms in total. The molecule has 0 bridgehead atoms. The fourth-order valence-electron chi connectivity index (χ4n) is 5.97. The number of carbonyl (C=O) groups is 2. The number of carbonyl (C=O) groups excluding carboxylic acids is 2. The van der Waals surface area contributed by atoms with Crippen LogP contribution in [-0.4, -0.2) is 37.5 Å². The van der Waals surface area contributed by atoms with E-state index in [1.54, 1.807) is 40.2 Å². The lowest BCUT2D eigenvalue weighted by Crippen LogP contribution is -2.36. The summed E-state index contributed by atoms with van der Waals surface area (Å²) >= 11 is 0. The number of Topliss-reactive ketones (excluding diaryl/α,β-unsaturated/α-hetero) is 1. The number of ketones is 1. The van der Waals surface area contributed by atoms with Crippen LogP contribution in [-0.2, 0) is 20.7 Å². The van der Waals surface area contributed by atoms with E-state index < -0.39 is 16.8 Å². The van der Waals surface area contributed by atoms with Crippen LogP contribution >= 0.6 is 0 Å². The van der Waals surface area contributed by atoms with Crippen LogP contribution in [0.4, 0.5) is 5.69 Å². The van der Waals surface area contributed by atoms with Gasteiger partial charge in [-0.05, 0) is 55.0 Å². The molecule has 1 heterocycles. The van der Waals surface area contributed by atoms with Crippen LogP contribution in [0.5, 0.6) is 11.5 Å². The molecule has 2 aliphatic rings. The molecule has 9 heteroatoms. The molecule has 0 aromatic heterocycles. The Morgan fingerprint density at radius 2 is 1.67 bits per heavy atom. The van der Waals surface area contributed by atoms with Crippen LogP contribution in [0.1, 0.15) is 53.9 Å². The van der Waals surface area contributed by atoms with E-state index in [2.05, 4.69) is 5.32 Å². The second-order valence-electron chi connectivity index (χ2n) is 10.8. The van der Waals surface area contributed by atoms with Crippen LogP contribution in [0.3, 0.4) is 0 Å². The zero-order valence-corrected chi connectivity index (χ0v) is 24.6. The highest BCUT2D eigenvalue weighted by atomic mass is 16.6. The van der Waals surface area contributed by atoms with E-state index in [4.69, 9.17) is 14.2 Å². The minimum absolute atomic E-state index is 0.0703. The van der Waals surface area contributed by atoms with E-state index in [0.717, 1.165) is 11.1 Å². The first-order valence-corrected chi connectivity index (χ1v) is 14.1. The molecule has 0 spiro atoms. The molecule has 0 saturated carbocycles. The van der Waals surface area contributed by atoms with Crippen molar-refractivity contribution in [1.82, 2.24) is 5.32 Å². The van der Waals surface area contributed by atoms with Crippen molar-refractivity contribution in [3.8, 4) is 11.5 Å². The van der Waals surface area contributed by atoms with Gasteiger partial charge in [0.2, 0.25) is 0 Å². The zero-order chi connectivity index (χ0) is 30.7. The fraction of sp³-hybridized carbons (Fsp3) is 0.294. The molecule has 222 valence electrons. The second-order valence-corrected chi connectivity index (χ2v) is 10.8. The van der Waals surface area contributed by atoms with Gasteiger partial charge in [0.25, 0.3) is 5.69 Å². The van der Waals surface area contributed by atoms with Crippen LogP contribution in [0.15, 0.2) is 89.3 Å². The number of dihydropyridines is 1. The number of nitro benzene ring substituents is 1. The Balaban J connectivity index is 1.52. The monoisotopic (exact) mass is 582 g/mol. The van der Waals surface area contributed by atoms with Gasteiger partial charge in [-0.25, -0.2) is 4.79 Å². The molecule has 3 aromatic rings. The standard InChI is InChI=1S/C34H34N2O7/c1-20-10-11-24(17-27(20)36(39)40)32-31(34(38)43-15-14-22-8-6-5-7-9-22)21(2)35-26-16-25(18-28(37)33(26)32)23-12-13-29(41-3)30(19-23)42-4/h5-13,17,19,25,32,35H,14-16,18H2,1-4H3/t25-,32-/m1/s1. The lowest BCUT2D eigenvalue weighted by molar-refractivity contribution is -0.385. The molecule has 5 rings (SSSR count). The van der Waals surface area contributed by atoms with Crippen molar-refractivity contribution in [2.24, 2.45) is 0 Å².